The molecule has 3 nitrogen and oxygen atoms in total. The van der Waals surface area contributed by atoms with Gasteiger partial charge in [0.05, 0.1) is 18.8 Å². The molecule has 3 rings (SSSR count). The molecule has 0 aromatic carbocycles. The fourth-order valence-corrected chi connectivity index (χ4v) is 3.23. The van der Waals surface area contributed by atoms with E-state index in [2.05, 4.69) is 4.90 Å². The molecule has 0 aromatic heterocycles. The van der Waals surface area contributed by atoms with E-state index in [0.29, 0.717) is 18.1 Å². The topological polar surface area (TPSA) is 32.7 Å². The van der Waals surface area contributed by atoms with Crippen LogP contribution in [0.2, 0.25) is 0 Å². The second-order valence-electron chi connectivity index (χ2n) is 5.06. The minimum atomic E-state index is -0.0324. The molecule has 1 N–H and O–H groups in total. The zero-order valence-corrected chi connectivity index (χ0v) is 8.56. The number of hydrogen-bond acceptors (Lipinski definition) is 3. The molecule has 0 amide bonds. The number of hydrogen-bond donors (Lipinski definition) is 1. The summed E-state index contributed by atoms with van der Waals surface area (Å²) < 4.78 is 5.57. The van der Waals surface area contributed by atoms with Crippen LogP contribution in [0.3, 0.4) is 0 Å². The first-order chi connectivity index (χ1) is 6.83. The number of morpholine rings is 1. The van der Waals surface area contributed by atoms with Gasteiger partial charge < -0.3 is 9.84 Å². The Balaban J connectivity index is 1.57. The lowest BCUT2D eigenvalue weighted by molar-refractivity contribution is 0.0135. The maximum Gasteiger partial charge on any atom is 0.0718 e. The minimum Gasteiger partial charge on any atom is -0.393 e. The molecule has 2 aliphatic heterocycles. The second-order valence-corrected chi connectivity index (χ2v) is 5.06. The number of ether oxygens (including phenoxy) is 1. The Hall–Kier alpha value is -0.120. The zero-order chi connectivity index (χ0) is 9.54. The van der Waals surface area contributed by atoms with Crippen LogP contribution in [0.4, 0.5) is 0 Å². The normalized spacial score (nSPS) is 47.8. The fraction of sp³-hybridized carbons (Fsp3) is 1.00. The van der Waals surface area contributed by atoms with Crippen LogP contribution in [0.25, 0.3) is 0 Å². The molecule has 0 aromatic rings. The van der Waals surface area contributed by atoms with Crippen LogP contribution in [0, 0.1) is 5.92 Å². The van der Waals surface area contributed by atoms with Gasteiger partial charge in [-0.25, -0.2) is 0 Å². The lowest BCUT2D eigenvalue weighted by Crippen LogP contribution is -2.41. The average Bonchev–Trinajstić information content (AvgIpc) is 2.83. The van der Waals surface area contributed by atoms with Crippen LogP contribution in [0.5, 0.6) is 0 Å². The highest BCUT2D eigenvalue weighted by molar-refractivity contribution is 4.93. The van der Waals surface area contributed by atoms with Gasteiger partial charge in [-0.3, -0.25) is 4.90 Å². The van der Waals surface area contributed by atoms with Gasteiger partial charge in [0.15, 0.2) is 0 Å². The molecule has 3 aliphatic rings. The molecular weight excluding hydrogens is 178 g/mol. The molecule has 80 valence electrons. The molecule has 2 heterocycles. The predicted octanol–water partition coefficient (Wildman–Crippen LogP) is 0.621. The molecule has 2 saturated heterocycles. The highest BCUT2D eigenvalue weighted by Crippen LogP contribution is 2.32. The number of nitrogens with zero attached hydrogens (tertiary/aromatic N) is 1. The molecule has 3 fully saturated rings. The van der Waals surface area contributed by atoms with Crippen molar-refractivity contribution in [1.82, 2.24) is 4.90 Å². The van der Waals surface area contributed by atoms with Crippen molar-refractivity contribution in [3.8, 4) is 0 Å². The van der Waals surface area contributed by atoms with E-state index in [1.165, 1.54) is 19.3 Å². The van der Waals surface area contributed by atoms with E-state index in [0.717, 1.165) is 26.1 Å². The Labute approximate surface area is 85.0 Å². The molecule has 2 bridgehead atoms. The first kappa shape index (κ1) is 9.13. The molecular formula is C11H19NO2. The van der Waals surface area contributed by atoms with Gasteiger partial charge in [0.2, 0.25) is 0 Å². The van der Waals surface area contributed by atoms with Crippen molar-refractivity contribution in [1.29, 1.82) is 0 Å². The van der Waals surface area contributed by atoms with Crippen molar-refractivity contribution in [2.45, 2.75) is 43.9 Å². The number of aliphatic hydroxyl groups excluding tert-OH is 1. The van der Waals surface area contributed by atoms with Gasteiger partial charge >= 0.3 is 0 Å². The number of likely N-dealkylation sites (tertiary alicyclic amines) is 1. The largest absolute Gasteiger partial charge is 0.393 e. The van der Waals surface area contributed by atoms with Gasteiger partial charge in [-0.05, 0) is 25.2 Å². The maximum absolute atomic E-state index is 9.76. The molecule has 14 heavy (non-hydrogen) atoms. The van der Waals surface area contributed by atoms with Crippen molar-refractivity contribution < 1.29 is 9.84 Å². The van der Waals surface area contributed by atoms with E-state index in [-0.39, 0.29) is 6.10 Å². The smallest absolute Gasteiger partial charge is 0.0718 e. The summed E-state index contributed by atoms with van der Waals surface area (Å²) in [5.41, 5.74) is 0. The van der Waals surface area contributed by atoms with Crippen molar-refractivity contribution in [2.24, 2.45) is 5.92 Å². The first-order valence-electron chi connectivity index (χ1n) is 5.86. The van der Waals surface area contributed by atoms with Gasteiger partial charge in [0.1, 0.15) is 0 Å². The third-order valence-corrected chi connectivity index (χ3v) is 4.10. The summed E-state index contributed by atoms with van der Waals surface area (Å²) in [7, 11) is 0. The van der Waals surface area contributed by atoms with Crippen molar-refractivity contribution in [3.05, 3.63) is 0 Å². The Morgan fingerprint density at radius 1 is 1.36 bits per heavy atom. The maximum atomic E-state index is 9.76. The van der Waals surface area contributed by atoms with Gasteiger partial charge in [0, 0.05) is 19.1 Å². The summed E-state index contributed by atoms with van der Waals surface area (Å²) in [6, 6.07) is 0.660. The quantitative estimate of drug-likeness (QED) is 0.704. The molecule has 1 aliphatic carbocycles. The van der Waals surface area contributed by atoms with Gasteiger partial charge in [-0.15, -0.1) is 0 Å². The third kappa shape index (κ3) is 1.47. The minimum absolute atomic E-state index is 0.0324. The summed E-state index contributed by atoms with van der Waals surface area (Å²) in [6.45, 7) is 3.13. The predicted molar refractivity (Wildman–Crippen MR) is 53.1 cm³/mol. The average molecular weight is 197 g/mol. The number of fused-ring (bicyclic) bond motifs is 2. The molecule has 4 unspecified atom stereocenters. The fourth-order valence-electron chi connectivity index (χ4n) is 3.23. The highest BCUT2D eigenvalue weighted by atomic mass is 16.5. The van der Waals surface area contributed by atoms with E-state index in [1.807, 2.05) is 0 Å². The monoisotopic (exact) mass is 197 g/mol. The lowest BCUT2D eigenvalue weighted by Gasteiger charge is -2.30. The Morgan fingerprint density at radius 3 is 2.86 bits per heavy atom. The Bertz CT molecular complexity index is 221. The van der Waals surface area contributed by atoms with E-state index < -0.39 is 0 Å². The highest BCUT2D eigenvalue weighted by Gasteiger charge is 2.40. The van der Waals surface area contributed by atoms with E-state index in [1.54, 1.807) is 0 Å². The van der Waals surface area contributed by atoms with E-state index in [4.69, 9.17) is 4.74 Å². The molecule has 3 heteroatoms. The summed E-state index contributed by atoms with van der Waals surface area (Å²) in [5.74, 6) is 0.536. The summed E-state index contributed by atoms with van der Waals surface area (Å²) in [6.07, 6.45) is 5.14. The molecule has 4 atom stereocenters. The van der Waals surface area contributed by atoms with Crippen molar-refractivity contribution in [3.63, 3.8) is 0 Å². The first-order valence-corrected chi connectivity index (χ1v) is 5.86. The summed E-state index contributed by atoms with van der Waals surface area (Å²) in [5, 5.41) is 9.76. The van der Waals surface area contributed by atoms with E-state index in [9.17, 15) is 5.11 Å². The van der Waals surface area contributed by atoms with Crippen LogP contribution in [-0.2, 0) is 4.74 Å². The summed E-state index contributed by atoms with van der Waals surface area (Å²) >= 11 is 0. The standard InChI is InChI=1S/C11H19NO2/c13-11-3-1-2-8(11)5-12-6-10-4-9(12)7-14-10/h8-11,13H,1-7H2. The van der Waals surface area contributed by atoms with Gasteiger partial charge in [0.25, 0.3) is 0 Å². The van der Waals surface area contributed by atoms with E-state index >= 15 is 0 Å². The zero-order valence-electron chi connectivity index (χ0n) is 8.56. The number of aliphatic hydroxyl groups is 1. The molecule has 1 saturated carbocycles. The Kier molecular flexibility index (Phi) is 2.26. The third-order valence-electron chi connectivity index (χ3n) is 4.10. The van der Waals surface area contributed by atoms with Crippen LogP contribution in [0.1, 0.15) is 25.7 Å². The van der Waals surface area contributed by atoms with Gasteiger partial charge in [-0.2, -0.15) is 0 Å². The molecule has 0 spiro atoms. The van der Waals surface area contributed by atoms with Crippen LogP contribution in [0.15, 0.2) is 0 Å². The summed E-state index contributed by atoms with van der Waals surface area (Å²) in [4.78, 5) is 2.54. The van der Waals surface area contributed by atoms with Crippen molar-refractivity contribution in [2.75, 3.05) is 19.7 Å². The molecule has 0 radical (unpaired) electrons. The van der Waals surface area contributed by atoms with Crippen molar-refractivity contribution >= 4 is 0 Å². The van der Waals surface area contributed by atoms with Gasteiger partial charge in [-0.1, -0.05) is 6.42 Å². The lowest BCUT2D eigenvalue weighted by atomic mass is 10.1. The van der Waals surface area contributed by atoms with Crippen LogP contribution < -0.4 is 0 Å². The van der Waals surface area contributed by atoms with Crippen LogP contribution >= 0.6 is 0 Å². The number of rotatable bonds is 2. The van der Waals surface area contributed by atoms with Crippen LogP contribution in [-0.4, -0.2) is 48.0 Å². The SMILES string of the molecule is OC1CCCC1CN1CC2CC1CO2. The second kappa shape index (κ2) is 3.47. The Morgan fingerprint density at radius 2 is 2.29 bits per heavy atom.